The number of sulfonamides is 1. The maximum absolute atomic E-state index is 13.6. The first-order chi connectivity index (χ1) is 15.0. The van der Waals surface area contributed by atoms with Gasteiger partial charge in [-0.05, 0) is 31.0 Å². The van der Waals surface area contributed by atoms with E-state index in [-0.39, 0.29) is 10.7 Å². The summed E-state index contributed by atoms with van der Waals surface area (Å²) in [5.74, 6) is -0.355. The molecule has 1 heterocycles. The molecule has 1 N–H and O–H groups in total. The molecule has 0 bridgehead atoms. The Bertz CT molecular complexity index is 1140. The van der Waals surface area contributed by atoms with Gasteiger partial charge in [-0.2, -0.15) is 9.41 Å². The van der Waals surface area contributed by atoms with Crippen molar-refractivity contribution in [1.82, 2.24) is 9.29 Å². The minimum absolute atomic E-state index is 0.256. The molecule has 0 atom stereocenters. The fourth-order valence-corrected chi connectivity index (χ4v) is 5.35. The molecule has 0 saturated heterocycles. The summed E-state index contributed by atoms with van der Waals surface area (Å²) in [7, 11) is -3.56. The number of aromatic nitrogens is 1. The summed E-state index contributed by atoms with van der Waals surface area (Å²) in [6.45, 7) is 4.91. The van der Waals surface area contributed by atoms with Gasteiger partial charge in [0.2, 0.25) is 15.2 Å². The molecule has 2 aromatic carbocycles. The van der Waals surface area contributed by atoms with Crippen LogP contribution in [0, 0.1) is 5.82 Å². The van der Waals surface area contributed by atoms with Crippen LogP contribution in [-0.4, -0.2) is 37.0 Å². The predicted octanol–water partition coefficient (Wildman–Crippen LogP) is 5.21. The molecule has 1 aromatic heterocycles. The molecular formula is C22H25FN4O2S2. The number of rotatable bonds is 10. The molecule has 0 spiro atoms. The van der Waals surface area contributed by atoms with E-state index in [4.69, 9.17) is 0 Å². The molecule has 0 aliphatic carbocycles. The van der Waals surface area contributed by atoms with Gasteiger partial charge >= 0.3 is 0 Å². The molecule has 3 rings (SSSR count). The van der Waals surface area contributed by atoms with Gasteiger partial charge in [0.15, 0.2) is 0 Å². The second-order valence-corrected chi connectivity index (χ2v) is 9.66. The van der Waals surface area contributed by atoms with Gasteiger partial charge in [0.05, 0.1) is 16.8 Å². The van der Waals surface area contributed by atoms with E-state index in [9.17, 15) is 12.8 Å². The zero-order chi connectivity index (χ0) is 22.3. The lowest BCUT2D eigenvalue weighted by atomic mass is 10.2. The summed E-state index contributed by atoms with van der Waals surface area (Å²) < 4.78 is 41.3. The van der Waals surface area contributed by atoms with Crippen LogP contribution in [0.25, 0.3) is 11.3 Å². The van der Waals surface area contributed by atoms with Gasteiger partial charge in [0.1, 0.15) is 5.82 Å². The van der Waals surface area contributed by atoms with E-state index in [0.717, 1.165) is 12.8 Å². The number of thiazole rings is 1. The highest BCUT2D eigenvalue weighted by Crippen LogP contribution is 2.28. The molecule has 6 nitrogen and oxygen atoms in total. The van der Waals surface area contributed by atoms with Gasteiger partial charge in [-0.3, -0.25) is 5.43 Å². The molecule has 0 unspecified atom stereocenters. The van der Waals surface area contributed by atoms with Crippen LogP contribution in [0.4, 0.5) is 9.52 Å². The van der Waals surface area contributed by atoms with Crippen molar-refractivity contribution >= 4 is 32.7 Å². The van der Waals surface area contributed by atoms with E-state index in [0.29, 0.717) is 35.0 Å². The third kappa shape index (κ3) is 5.75. The van der Waals surface area contributed by atoms with Crippen molar-refractivity contribution < 1.29 is 12.8 Å². The number of nitrogens with zero attached hydrogens (tertiary/aromatic N) is 3. The van der Waals surface area contributed by atoms with Crippen molar-refractivity contribution in [3.05, 3.63) is 65.3 Å². The normalized spacial score (nSPS) is 12.0. The monoisotopic (exact) mass is 460 g/mol. The van der Waals surface area contributed by atoms with E-state index in [1.165, 1.54) is 27.9 Å². The highest BCUT2D eigenvalue weighted by Gasteiger charge is 2.23. The highest BCUT2D eigenvalue weighted by molar-refractivity contribution is 7.89. The van der Waals surface area contributed by atoms with E-state index >= 15 is 0 Å². The zero-order valence-electron chi connectivity index (χ0n) is 17.5. The standard InChI is InChI=1S/C22H25FN4O2S2/c1-3-12-27(13-4-2)31(28,29)19-10-7-9-17(14-19)21-16-30-22(25-21)26-24-15-18-8-5-6-11-20(18)23/h5-11,14-16H,3-4,12-13H2,1-2H3,(H,25,26). The topological polar surface area (TPSA) is 74.7 Å². The van der Waals surface area contributed by atoms with Crippen LogP contribution < -0.4 is 5.43 Å². The van der Waals surface area contributed by atoms with Crippen LogP contribution in [0.5, 0.6) is 0 Å². The van der Waals surface area contributed by atoms with Gasteiger partial charge in [-0.25, -0.2) is 17.8 Å². The summed E-state index contributed by atoms with van der Waals surface area (Å²) >= 11 is 1.33. The van der Waals surface area contributed by atoms with Crippen molar-refractivity contribution in [2.24, 2.45) is 5.10 Å². The van der Waals surface area contributed by atoms with Crippen molar-refractivity contribution in [3.63, 3.8) is 0 Å². The Morgan fingerprint density at radius 1 is 1.13 bits per heavy atom. The van der Waals surface area contributed by atoms with Gasteiger partial charge in [-0.15, -0.1) is 11.3 Å². The number of hydrogen-bond donors (Lipinski definition) is 1. The number of anilines is 1. The molecule has 31 heavy (non-hydrogen) atoms. The molecule has 0 amide bonds. The predicted molar refractivity (Wildman–Crippen MR) is 125 cm³/mol. The number of hydrogen-bond acceptors (Lipinski definition) is 6. The first kappa shape index (κ1) is 23.1. The molecule has 0 aliphatic rings. The van der Waals surface area contributed by atoms with Crippen molar-refractivity contribution in [3.8, 4) is 11.3 Å². The van der Waals surface area contributed by atoms with E-state index in [2.05, 4.69) is 15.5 Å². The summed E-state index contributed by atoms with van der Waals surface area (Å²) in [5, 5.41) is 6.38. The largest absolute Gasteiger partial charge is 0.253 e. The fraction of sp³-hybridized carbons (Fsp3) is 0.273. The molecule has 0 aliphatic heterocycles. The number of halogens is 1. The average Bonchev–Trinajstić information content (AvgIpc) is 3.24. The summed E-state index contributed by atoms with van der Waals surface area (Å²) in [6, 6.07) is 13.1. The maximum atomic E-state index is 13.6. The molecule has 164 valence electrons. The molecular weight excluding hydrogens is 435 g/mol. The first-order valence-electron chi connectivity index (χ1n) is 10.1. The third-order valence-corrected chi connectivity index (χ3v) is 7.13. The lowest BCUT2D eigenvalue weighted by Crippen LogP contribution is -2.32. The van der Waals surface area contributed by atoms with E-state index < -0.39 is 10.0 Å². The zero-order valence-corrected chi connectivity index (χ0v) is 19.1. The second-order valence-electron chi connectivity index (χ2n) is 6.86. The first-order valence-corrected chi connectivity index (χ1v) is 12.4. The quantitative estimate of drug-likeness (QED) is 0.333. The Morgan fingerprint density at radius 3 is 2.58 bits per heavy atom. The van der Waals surface area contributed by atoms with Gasteiger partial charge in [-0.1, -0.05) is 44.2 Å². The van der Waals surface area contributed by atoms with Crippen LogP contribution >= 0.6 is 11.3 Å². The number of nitrogens with one attached hydrogen (secondary N) is 1. The summed E-state index contributed by atoms with van der Waals surface area (Å²) in [5.41, 5.74) is 4.51. The summed E-state index contributed by atoms with van der Waals surface area (Å²) in [4.78, 5) is 4.72. The number of hydrazone groups is 1. The van der Waals surface area contributed by atoms with Crippen LogP contribution in [0.1, 0.15) is 32.3 Å². The average molecular weight is 461 g/mol. The lowest BCUT2D eigenvalue weighted by molar-refractivity contribution is 0.410. The van der Waals surface area contributed by atoms with Crippen LogP contribution in [0.2, 0.25) is 0 Å². The molecule has 0 saturated carbocycles. The Hall–Kier alpha value is -2.62. The molecule has 9 heteroatoms. The minimum atomic E-state index is -3.56. The van der Waals surface area contributed by atoms with Crippen LogP contribution in [0.3, 0.4) is 0 Å². The molecule has 3 aromatic rings. The minimum Gasteiger partial charge on any atom is -0.253 e. The summed E-state index contributed by atoms with van der Waals surface area (Å²) in [6.07, 6.45) is 2.90. The SMILES string of the molecule is CCCN(CCC)S(=O)(=O)c1cccc(-c2csc(NN=Cc3ccccc3F)n2)c1. The van der Waals surface area contributed by atoms with Crippen molar-refractivity contribution in [2.75, 3.05) is 18.5 Å². The molecule has 0 fully saturated rings. The Balaban J connectivity index is 1.77. The molecule has 0 radical (unpaired) electrons. The third-order valence-electron chi connectivity index (χ3n) is 4.49. The van der Waals surface area contributed by atoms with Gasteiger partial charge in [0.25, 0.3) is 0 Å². The Labute approximate surface area is 186 Å². The smallest absolute Gasteiger partial charge is 0.243 e. The lowest BCUT2D eigenvalue weighted by Gasteiger charge is -2.21. The van der Waals surface area contributed by atoms with Crippen LogP contribution in [0.15, 0.2) is 63.9 Å². The van der Waals surface area contributed by atoms with Gasteiger partial charge < -0.3 is 0 Å². The highest BCUT2D eigenvalue weighted by atomic mass is 32.2. The maximum Gasteiger partial charge on any atom is 0.243 e. The van der Waals surface area contributed by atoms with E-state index in [1.54, 1.807) is 36.4 Å². The Morgan fingerprint density at radius 2 is 1.87 bits per heavy atom. The van der Waals surface area contributed by atoms with E-state index in [1.807, 2.05) is 25.3 Å². The Kier molecular flexibility index (Phi) is 7.89. The van der Waals surface area contributed by atoms with Crippen molar-refractivity contribution in [2.45, 2.75) is 31.6 Å². The van der Waals surface area contributed by atoms with Gasteiger partial charge in [0, 0.05) is 29.6 Å². The van der Waals surface area contributed by atoms with Crippen molar-refractivity contribution in [1.29, 1.82) is 0 Å². The fourth-order valence-electron chi connectivity index (χ4n) is 3.01. The second kappa shape index (κ2) is 10.6. The van der Waals surface area contributed by atoms with Crippen LogP contribution in [-0.2, 0) is 10.0 Å². The number of benzene rings is 2.